The van der Waals surface area contributed by atoms with Crippen molar-refractivity contribution in [3.63, 3.8) is 0 Å². The van der Waals surface area contributed by atoms with Crippen molar-refractivity contribution in [1.29, 1.82) is 0 Å². The van der Waals surface area contributed by atoms with Crippen molar-refractivity contribution in [2.24, 2.45) is 5.92 Å². The zero-order valence-electron chi connectivity index (χ0n) is 26.7. The Bertz CT molecular complexity index is 637. The Morgan fingerprint density at radius 2 is 1.15 bits per heavy atom. The van der Waals surface area contributed by atoms with Gasteiger partial charge in [-0.15, -0.1) is 0 Å². The summed E-state index contributed by atoms with van der Waals surface area (Å²) >= 11 is 0. The summed E-state index contributed by atoms with van der Waals surface area (Å²) in [7, 11) is 0. The molecule has 0 amide bonds. The minimum atomic E-state index is -1.01. The summed E-state index contributed by atoms with van der Waals surface area (Å²) in [4.78, 5) is 23.8. The normalized spacial score (nSPS) is 14.6. The second-order valence-electron chi connectivity index (χ2n) is 11.8. The molecule has 0 fully saturated rings. The number of hydrogen-bond donors (Lipinski definition) is 3. The van der Waals surface area contributed by atoms with Crippen LogP contribution in [0.4, 0.5) is 0 Å². The lowest BCUT2D eigenvalue weighted by Crippen LogP contribution is -2.25. The van der Waals surface area contributed by atoms with Crippen LogP contribution >= 0.6 is 0 Å². The van der Waals surface area contributed by atoms with Crippen molar-refractivity contribution in [2.45, 2.75) is 174 Å². The molecular weight excluding hydrogens is 520 g/mol. The number of allylic oxidation sites excluding steroid dienone is 1. The van der Waals surface area contributed by atoms with Crippen molar-refractivity contribution >= 4 is 11.9 Å². The molecule has 41 heavy (non-hydrogen) atoms. The molecule has 0 aromatic heterocycles. The van der Waals surface area contributed by atoms with Crippen molar-refractivity contribution in [3.05, 3.63) is 12.2 Å². The van der Waals surface area contributed by atoms with Gasteiger partial charge >= 0.3 is 11.9 Å². The molecule has 0 aliphatic carbocycles. The Hall–Kier alpha value is -1.44. The van der Waals surface area contributed by atoms with E-state index in [1.54, 1.807) is 0 Å². The van der Waals surface area contributed by atoms with Gasteiger partial charge in [0.05, 0.1) is 12.2 Å². The van der Waals surface area contributed by atoms with Gasteiger partial charge in [-0.25, -0.2) is 0 Å². The van der Waals surface area contributed by atoms with Gasteiger partial charge in [0.15, 0.2) is 0 Å². The van der Waals surface area contributed by atoms with E-state index in [0.29, 0.717) is 25.7 Å². The first-order chi connectivity index (χ1) is 19.8. The molecular formula is C34H64O7. The van der Waals surface area contributed by atoms with Crippen LogP contribution < -0.4 is 0 Å². The van der Waals surface area contributed by atoms with Crippen LogP contribution in [0.5, 0.6) is 0 Å². The largest absolute Gasteiger partial charge is 0.463 e. The van der Waals surface area contributed by atoms with Crippen LogP contribution in [0.2, 0.25) is 0 Å². The fourth-order valence-corrected chi connectivity index (χ4v) is 4.61. The average molecular weight is 585 g/mol. The van der Waals surface area contributed by atoms with Crippen LogP contribution in [0.25, 0.3) is 0 Å². The molecule has 0 saturated carbocycles. The molecule has 0 heterocycles. The lowest BCUT2D eigenvalue weighted by Gasteiger charge is -2.16. The van der Waals surface area contributed by atoms with Gasteiger partial charge in [-0.1, -0.05) is 116 Å². The molecule has 242 valence electrons. The summed E-state index contributed by atoms with van der Waals surface area (Å²) < 4.78 is 10.2. The van der Waals surface area contributed by atoms with Gasteiger partial charge in [-0.3, -0.25) is 9.59 Å². The standard InChI is InChI=1S/C34H64O7/c1-4-6-7-8-13-18-23-31(36)32(37)24-19-14-11-16-21-26-34(39)41-28-30(35)27-40-33(38)25-20-15-10-9-12-17-22-29(3)5-2/h13,18,29-32,35-37H,4-12,14-17,19-28H2,1-3H3/b18-13-/t29?,30-,31-,32-/m1/s1. The van der Waals surface area contributed by atoms with E-state index < -0.39 is 18.3 Å². The van der Waals surface area contributed by atoms with E-state index in [1.165, 1.54) is 51.4 Å². The summed E-state index contributed by atoms with van der Waals surface area (Å²) in [6, 6.07) is 0. The quantitative estimate of drug-likeness (QED) is 0.0472. The molecule has 0 rings (SSSR count). The Morgan fingerprint density at radius 3 is 1.68 bits per heavy atom. The van der Waals surface area contributed by atoms with Crippen LogP contribution in [0.3, 0.4) is 0 Å². The average Bonchev–Trinajstić information content (AvgIpc) is 2.96. The third kappa shape index (κ3) is 27.2. The first kappa shape index (κ1) is 39.6. The Balaban J connectivity index is 3.61. The summed E-state index contributed by atoms with van der Waals surface area (Å²) in [6.45, 7) is 6.39. The first-order valence-corrected chi connectivity index (χ1v) is 16.8. The van der Waals surface area contributed by atoms with Crippen LogP contribution in [0, 0.1) is 5.92 Å². The van der Waals surface area contributed by atoms with E-state index in [1.807, 2.05) is 6.08 Å². The number of carbonyl (C=O) groups is 2. The molecule has 0 aromatic rings. The lowest BCUT2D eigenvalue weighted by atomic mass is 10.00. The van der Waals surface area contributed by atoms with Crippen LogP contribution in [-0.4, -0.2) is 58.8 Å². The molecule has 0 aliphatic rings. The van der Waals surface area contributed by atoms with Crippen LogP contribution in [0.1, 0.15) is 156 Å². The highest BCUT2D eigenvalue weighted by Gasteiger charge is 2.14. The van der Waals surface area contributed by atoms with Crippen LogP contribution in [-0.2, 0) is 19.1 Å². The second-order valence-corrected chi connectivity index (χ2v) is 11.8. The van der Waals surface area contributed by atoms with Gasteiger partial charge in [-0.05, 0) is 44.4 Å². The number of unbranched alkanes of at least 4 members (excludes halogenated alkanes) is 12. The van der Waals surface area contributed by atoms with E-state index in [-0.39, 0.29) is 31.6 Å². The number of esters is 2. The van der Waals surface area contributed by atoms with Gasteiger partial charge in [-0.2, -0.15) is 0 Å². The van der Waals surface area contributed by atoms with E-state index in [4.69, 9.17) is 9.47 Å². The maximum Gasteiger partial charge on any atom is 0.305 e. The molecule has 1 unspecified atom stereocenters. The zero-order chi connectivity index (χ0) is 30.6. The molecule has 0 aliphatic heterocycles. The highest BCUT2D eigenvalue weighted by molar-refractivity contribution is 5.69. The van der Waals surface area contributed by atoms with E-state index in [2.05, 4.69) is 26.8 Å². The zero-order valence-corrected chi connectivity index (χ0v) is 26.7. The lowest BCUT2D eigenvalue weighted by molar-refractivity contribution is -0.152. The van der Waals surface area contributed by atoms with E-state index in [9.17, 15) is 24.9 Å². The maximum atomic E-state index is 11.9. The van der Waals surface area contributed by atoms with Gasteiger partial charge in [0.1, 0.15) is 19.3 Å². The fraction of sp³-hybridized carbons (Fsp3) is 0.882. The third-order valence-electron chi connectivity index (χ3n) is 7.74. The van der Waals surface area contributed by atoms with Crippen molar-refractivity contribution in [3.8, 4) is 0 Å². The molecule has 0 aromatic carbocycles. The topological polar surface area (TPSA) is 113 Å². The van der Waals surface area contributed by atoms with Gasteiger partial charge in [0, 0.05) is 12.8 Å². The monoisotopic (exact) mass is 584 g/mol. The molecule has 3 N–H and O–H groups in total. The van der Waals surface area contributed by atoms with Crippen molar-refractivity contribution < 1.29 is 34.4 Å². The SMILES string of the molecule is CCCCC/C=C\C[C@@H](O)[C@H](O)CCCCCCCC(=O)OC[C@H](O)COC(=O)CCCCCCCCC(C)CC. The minimum Gasteiger partial charge on any atom is -0.463 e. The number of rotatable bonds is 29. The summed E-state index contributed by atoms with van der Waals surface area (Å²) in [5.74, 6) is 0.140. The highest BCUT2D eigenvalue weighted by atomic mass is 16.6. The fourth-order valence-electron chi connectivity index (χ4n) is 4.61. The summed E-state index contributed by atoms with van der Waals surface area (Å²) in [5, 5.41) is 30.1. The summed E-state index contributed by atoms with van der Waals surface area (Å²) in [6.07, 6.45) is 21.5. The number of hydrogen-bond acceptors (Lipinski definition) is 7. The molecule has 7 nitrogen and oxygen atoms in total. The van der Waals surface area contributed by atoms with Crippen molar-refractivity contribution in [2.75, 3.05) is 13.2 Å². The maximum absolute atomic E-state index is 11.9. The third-order valence-corrected chi connectivity index (χ3v) is 7.74. The molecule has 0 bridgehead atoms. The Kier molecular flexibility index (Phi) is 27.7. The highest BCUT2D eigenvalue weighted by Crippen LogP contribution is 2.15. The molecule has 0 radical (unpaired) electrons. The Morgan fingerprint density at radius 1 is 0.634 bits per heavy atom. The predicted octanol–water partition coefficient (Wildman–Crippen LogP) is 7.58. The molecule has 0 saturated heterocycles. The second kappa shape index (κ2) is 28.7. The van der Waals surface area contributed by atoms with Gasteiger partial charge in [0.25, 0.3) is 0 Å². The predicted molar refractivity (Wildman–Crippen MR) is 167 cm³/mol. The number of ether oxygens (including phenoxy) is 2. The van der Waals surface area contributed by atoms with Gasteiger partial charge in [0.2, 0.25) is 0 Å². The molecule has 0 spiro atoms. The molecule has 7 heteroatoms. The van der Waals surface area contributed by atoms with Crippen LogP contribution in [0.15, 0.2) is 12.2 Å². The van der Waals surface area contributed by atoms with Gasteiger partial charge < -0.3 is 24.8 Å². The van der Waals surface area contributed by atoms with E-state index >= 15 is 0 Å². The number of aliphatic hydroxyl groups is 3. The van der Waals surface area contributed by atoms with Crippen molar-refractivity contribution in [1.82, 2.24) is 0 Å². The first-order valence-electron chi connectivity index (χ1n) is 16.8. The number of aliphatic hydroxyl groups excluding tert-OH is 3. The summed E-state index contributed by atoms with van der Waals surface area (Å²) in [5.41, 5.74) is 0. The van der Waals surface area contributed by atoms with E-state index in [0.717, 1.165) is 57.3 Å². The minimum absolute atomic E-state index is 0.155. The number of carbonyl (C=O) groups excluding carboxylic acids is 2. The smallest absolute Gasteiger partial charge is 0.305 e. The Labute approximate surface area is 251 Å². The molecule has 4 atom stereocenters.